The minimum atomic E-state index is -0.141. The van der Waals surface area contributed by atoms with Crippen molar-refractivity contribution in [2.24, 2.45) is 23.7 Å². The van der Waals surface area contributed by atoms with Crippen LogP contribution in [0.2, 0.25) is 0 Å². The van der Waals surface area contributed by atoms with Gasteiger partial charge in [0.2, 0.25) is 0 Å². The maximum atomic E-state index is 12.5. The van der Waals surface area contributed by atoms with Gasteiger partial charge in [-0.1, -0.05) is 120 Å². The first-order valence-electron chi connectivity index (χ1n) is 14.7. The highest BCUT2D eigenvalue weighted by Crippen LogP contribution is 2.68. The maximum Gasteiger partial charge on any atom is 0.198 e. The second kappa shape index (κ2) is 10.2. The zero-order chi connectivity index (χ0) is 29.7. The second-order valence-electron chi connectivity index (χ2n) is 12.0. The topological polar surface area (TPSA) is 68.3 Å². The molecule has 0 aromatic heterocycles. The molecule has 0 N–H and O–H groups in total. The molecule has 8 heteroatoms. The lowest BCUT2D eigenvalue weighted by molar-refractivity contribution is -0.132. The molecule has 2 saturated carbocycles. The van der Waals surface area contributed by atoms with Crippen LogP contribution in [-0.4, -0.2) is 20.5 Å². The van der Waals surface area contributed by atoms with Gasteiger partial charge in [-0.25, -0.2) is 0 Å². The molecule has 0 unspecified atom stereocenters. The average molecular weight is 649 g/mol. The molecule has 2 fully saturated rings. The molecule has 4 heterocycles. The highest BCUT2D eigenvalue weighted by molar-refractivity contribution is 8.15. The highest BCUT2D eigenvalue weighted by atomic mass is 32.2. The zero-order valence-electron chi connectivity index (χ0n) is 23.1. The van der Waals surface area contributed by atoms with Gasteiger partial charge in [0.05, 0.1) is 0 Å². The van der Waals surface area contributed by atoms with Crippen LogP contribution in [-0.2, 0) is 19.2 Å². The number of hydrogen-bond acceptors (Lipinski definition) is 8. The van der Waals surface area contributed by atoms with Gasteiger partial charge in [-0.05, 0) is 46.5 Å². The van der Waals surface area contributed by atoms with E-state index in [1.807, 2.05) is 72.8 Å². The number of fused-ring (bicyclic) bond motifs is 16. The third kappa shape index (κ3) is 3.84. The van der Waals surface area contributed by atoms with Crippen LogP contribution >= 0.6 is 47.0 Å². The lowest BCUT2D eigenvalue weighted by Crippen LogP contribution is -2.52. The summed E-state index contributed by atoms with van der Waals surface area (Å²) in [5, 5.41) is 0.660. The van der Waals surface area contributed by atoms with Gasteiger partial charge in [-0.15, -0.1) is 0 Å². The Morgan fingerprint density at radius 1 is 0.295 bits per heavy atom. The molecule has 44 heavy (non-hydrogen) atoms. The molecule has 8 atom stereocenters. The molecule has 0 bridgehead atoms. The molecule has 4 nitrogen and oxygen atoms in total. The lowest BCUT2D eigenvalue weighted by atomic mass is 9.53. The molecule has 6 aliphatic rings. The summed E-state index contributed by atoms with van der Waals surface area (Å²) in [6.45, 7) is 0. The summed E-state index contributed by atoms with van der Waals surface area (Å²) in [5.41, 5.74) is 4.97. The number of carbonyl (C=O) groups is 4. The van der Waals surface area contributed by atoms with Gasteiger partial charge in [-0.2, -0.15) is 0 Å². The van der Waals surface area contributed by atoms with Gasteiger partial charge in [0, 0.05) is 66.9 Å². The third-order valence-corrected chi connectivity index (χ3v) is 14.4. The van der Waals surface area contributed by atoms with E-state index < -0.39 is 0 Å². The fraction of sp³-hybridized carbons (Fsp3) is 0.222. The molecular formula is C36H24O4S4. The number of benzene rings is 4. The number of rotatable bonds is 0. The molecule has 0 spiro atoms. The van der Waals surface area contributed by atoms with Crippen LogP contribution in [0.15, 0.2) is 117 Å². The Balaban J connectivity index is 0.000000123. The van der Waals surface area contributed by atoms with Crippen molar-refractivity contribution in [3.63, 3.8) is 0 Å². The second-order valence-corrected chi connectivity index (χ2v) is 16.2. The molecule has 4 aliphatic heterocycles. The van der Waals surface area contributed by atoms with Crippen LogP contribution in [0.5, 0.6) is 0 Å². The third-order valence-electron chi connectivity index (χ3n) is 10.1. The Labute approximate surface area is 271 Å². The van der Waals surface area contributed by atoms with Gasteiger partial charge < -0.3 is 0 Å². The molecule has 216 valence electrons. The van der Waals surface area contributed by atoms with E-state index in [0.29, 0.717) is 0 Å². The fourth-order valence-electron chi connectivity index (χ4n) is 8.32. The monoisotopic (exact) mass is 648 g/mol. The van der Waals surface area contributed by atoms with Crippen LogP contribution in [0.1, 0.15) is 45.9 Å². The molecule has 10 rings (SSSR count). The Morgan fingerprint density at radius 3 is 0.727 bits per heavy atom. The number of thioether (sulfide) groups is 4. The Morgan fingerprint density at radius 2 is 0.500 bits per heavy atom. The van der Waals surface area contributed by atoms with E-state index in [1.54, 1.807) is 0 Å². The lowest BCUT2D eigenvalue weighted by Gasteiger charge is -2.54. The van der Waals surface area contributed by atoms with Gasteiger partial charge >= 0.3 is 0 Å². The Bertz CT molecular complexity index is 1660. The molecule has 0 radical (unpaired) electrons. The van der Waals surface area contributed by atoms with Gasteiger partial charge in [-0.3, -0.25) is 19.2 Å². The van der Waals surface area contributed by atoms with Crippen LogP contribution in [0.3, 0.4) is 0 Å². The van der Waals surface area contributed by atoms with Crippen molar-refractivity contribution in [3.8, 4) is 0 Å². The minimum absolute atomic E-state index is 0.141. The van der Waals surface area contributed by atoms with Crippen molar-refractivity contribution in [3.05, 3.63) is 119 Å². The van der Waals surface area contributed by atoms with Crippen LogP contribution in [0.25, 0.3) is 0 Å². The van der Waals surface area contributed by atoms with E-state index >= 15 is 0 Å². The van der Waals surface area contributed by atoms with Crippen molar-refractivity contribution < 1.29 is 19.2 Å². The van der Waals surface area contributed by atoms with E-state index in [2.05, 4.69) is 24.3 Å². The van der Waals surface area contributed by atoms with E-state index in [-0.39, 0.29) is 67.8 Å². The molecule has 4 aromatic carbocycles. The zero-order valence-corrected chi connectivity index (χ0v) is 26.4. The van der Waals surface area contributed by atoms with E-state index in [1.165, 1.54) is 69.3 Å². The van der Waals surface area contributed by atoms with Crippen LogP contribution in [0.4, 0.5) is 0 Å². The van der Waals surface area contributed by atoms with Crippen molar-refractivity contribution >= 4 is 67.5 Å². The number of hydrogen-bond donors (Lipinski definition) is 0. The van der Waals surface area contributed by atoms with Crippen molar-refractivity contribution in [2.75, 3.05) is 0 Å². The van der Waals surface area contributed by atoms with E-state index in [0.717, 1.165) is 19.6 Å². The van der Waals surface area contributed by atoms with Gasteiger partial charge in [0.25, 0.3) is 0 Å². The summed E-state index contributed by atoms with van der Waals surface area (Å²) in [6.07, 6.45) is 0. The summed E-state index contributed by atoms with van der Waals surface area (Å²) in [6, 6.07) is 32.6. The molecule has 2 aliphatic carbocycles. The highest BCUT2D eigenvalue weighted by Gasteiger charge is 2.63. The van der Waals surface area contributed by atoms with E-state index in [9.17, 15) is 19.2 Å². The van der Waals surface area contributed by atoms with E-state index in [4.69, 9.17) is 0 Å². The van der Waals surface area contributed by atoms with Crippen molar-refractivity contribution in [1.29, 1.82) is 0 Å². The summed E-state index contributed by atoms with van der Waals surface area (Å²) in [7, 11) is 0. The van der Waals surface area contributed by atoms with Gasteiger partial charge in [0.15, 0.2) is 20.5 Å². The van der Waals surface area contributed by atoms with Gasteiger partial charge in [0.1, 0.15) is 0 Å². The predicted molar refractivity (Wildman–Crippen MR) is 174 cm³/mol. The molecule has 0 amide bonds. The molecule has 4 aromatic rings. The summed E-state index contributed by atoms with van der Waals surface area (Å²) >= 11 is 5.25. The number of carbonyl (C=O) groups excluding carboxylic acids is 4. The van der Waals surface area contributed by atoms with Crippen molar-refractivity contribution in [2.45, 2.75) is 43.3 Å². The normalized spacial score (nSPS) is 31.5. The first-order chi connectivity index (χ1) is 21.5. The smallest absolute Gasteiger partial charge is 0.198 e. The van der Waals surface area contributed by atoms with Crippen LogP contribution in [0, 0.1) is 23.7 Å². The molecule has 0 saturated heterocycles. The largest absolute Gasteiger partial charge is 0.286 e. The standard InChI is InChI=1S/2C18H12O2S2/c2*19-17-15-13(9-5-1-3-7-11(9)21-17)14-10-6-2-4-8-12(10)22-18(20)16(14)15/h2*1-8,13-16H/t2*13-,14-,15-,16-/m00/s1. The quantitative estimate of drug-likeness (QED) is 0.189. The fourth-order valence-corrected chi connectivity index (χ4v) is 12.8. The first-order valence-corrected chi connectivity index (χ1v) is 18.0. The first kappa shape index (κ1) is 27.3. The maximum absolute atomic E-state index is 12.5. The average Bonchev–Trinajstić information content (AvgIpc) is 2.99. The predicted octanol–water partition coefficient (Wildman–Crippen LogP) is 8.13. The Hall–Kier alpha value is -3.04. The summed E-state index contributed by atoms with van der Waals surface area (Å²) < 4.78 is 0. The van der Waals surface area contributed by atoms with Crippen molar-refractivity contribution in [1.82, 2.24) is 0 Å². The summed E-state index contributed by atoms with van der Waals surface area (Å²) in [5.74, 6) is 0.108. The SMILES string of the molecule is O=C1Sc2ccccc2[C@@H]2[C@H]1[C@H]1C(=O)Sc3ccccc3[C@H]12.O=C1Sc2ccccc2[C@@H]2[C@H]1[C@H]1C(=O)Sc3ccccc3[C@H]12. The van der Waals surface area contributed by atoms with Crippen LogP contribution < -0.4 is 0 Å². The Kier molecular flexibility index (Phi) is 6.35. The summed E-state index contributed by atoms with van der Waals surface area (Å²) in [4.78, 5) is 54.4. The minimum Gasteiger partial charge on any atom is -0.286 e. The molecular weight excluding hydrogens is 625 g/mol.